The number of guanidine groups is 1. The van der Waals surface area contributed by atoms with Gasteiger partial charge in [0.05, 0.1) is 18.7 Å². The number of nitrogens with one attached hydrogen (secondary N) is 2. The third-order valence-corrected chi connectivity index (χ3v) is 9.04. The van der Waals surface area contributed by atoms with Gasteiger partial charge in [-0.25, -0.2) is 4.79 Å². The summed E-state index contributed by atoms with van der Waals surface area (Å²) in [4.78, 5) is 44.7. The molecule has 0 bridgehead atoms. The van der Waals surface area contributed by atoms with Crippen LogP contribution in [0.5, 0.6) is 0 Å². The zero-order valence-electron chi connectivity index (χ0n) is 25.5. The third-order valence-electron chi connectivity index (χ3n) is 7.86. The van der Waals surface area contributed by atoms with Crippen molar-refractivity contribution in [3.05, 3.63) is 70.1 Å². The zero-order valence-corrected chi connectivity index (χ0v) is 26.3. The Hall–Kier alpha value is -4.54. The van der Waals surface area contributed by atoms with E-state index in [-0.39, 0.29) is 50.2 Å². The normalized spacial score (nSPS) is 22.1. The molecular formula is C30H39N9O7S. The Labute approximate surface area is 275 Å². The van der Waals surface area contributed by atoms with Gasteiger partial charge in [-0.15, -0.1) is 11.8 Å². The number of thioether (sulfide) groups is 1. The number of aliphatic hydroxyl groups excluding tert-OH is 2. The minimum Gasteiger partial charge on any atom is -0.449 e. The van der Waals surface area contributed by atoms with Crippen molar-refractivity contribution in [3.8, 4) is 11.1 Å². The fourth-order valence-electron chi connectivity index (χ4n) is 5.59. The van der Waals surface area contributed by atoms with E-state index >= 15 is 0 Å². The summed E-state index contributed by atoms with van der Waals surface area (Å²) < 4.78 is 11.5. The summed E-state index contributed by atoms with van der Waals surface area (Å²) >= 11 is 1.08. The topological polar surface area (TPSA) is 273 Å². The van der Waals surface area contributed by atoms with Gasteiger partial charge in [0.15, 0.2) is 5.96 Å². The molecule has 4 rings (SSSR count). The van der Waals surface area contributed by atoms with E-state index in [1.165, 1.54) is 0 Å². The molecule has 0 unspecified atom stereocenters. The molecule has 3 amide bonds. The zero-order chi connectivity index (χ0) is 33.9. The lowest BCUT2D eigenvalue weighted by atomic mass is 9.97. The largest absolute Gasteiger partial charge is 0.449 e. The molecule has 1 aliphatic carbocycles. The van der Waals surface area contributed by atoms with E-state index < -0.39 is 53.7 Å². The van der Waals surface area contributed by atoms with E-state index in [9.17, 15) is 24.6 Å². The Balaban J connectivity index is 1.46. The molecule has 10 N–H and O–H groups in total. The SMILES string of the molecule is [N-]=[N+]=NC[C@H]1O[C@@H](SCCC(N)=O)[C@H](NC(=O)[C@H](CCCN=C(N)N)NC(=O)OCC2c3ccccc3-c3ccccc32)[C@@H](O)[C@@H]1O. The van der Waals surface area contributed by atoms with E-state index in [0.717, 1.165) is 34.0 Å². The Morgan fingerprint density at radius 3 is 2.32 bits per heavy atom. The summed E-state index contributed by atoms with van der Waals surface area (Å²) in [6, 6.07) is 13.4. The Bertz CT molecular complexity index is 1460. The number of nitrogens with two attached hydrogens (primary N) is 3. The smallest absolute Gasteiger partial charge is 0.407 e. The number of nitrogens with zero attached hydrogens (tertiary/aromatic N) is 4. The summed E-state index contributed by atoms with van der Waals surface area (Å²) in [6.45, 7) is -0.0766. The van der Waals surface area contributed by atoms with Crippen LogP contribution in [0, 0.1) is 0 Å². The Morgan fingerprint density at radius 2 is 1.70 bits per heavy atom. The van der Waals surface area contributed by atoms with Gasteiger partial charge in [-0.2, -0.15) is 0 Å². The number of aliphatic imine (C=N–C) groups is 1. The highest BCUT2D eigenvalue weighted by Gasteiger charge is 2.45. The molecule has 1 aliphatic heterocycles. The van der Waals surface area contributed by atoms with Gasteiger partial charge in [-0.1, -0.05) is 53.6 Å². The molecule has 17 heteroatoms. The summed E-state index contributed by atoms with van der Waals surface area (Å²) in [6.07, 6.45) is -4.59. The van der Waals surface area contributed by atoms with Gasteiger partial charge in [0, 0.05) is 29.5 Å². The monoisotopic (exact) mass is 669 g/mol. The van der Waals surface area contributed by atoms with Crippen molar-refractivity contribution >= 4 is 35.6 Å². The minimum atomic E-state index is -1.55. The molecule has 0 spiro atoms. The van der Waals surface area contributed by atoms with E-state index in [2.05, 4.69) is 25.7 Å². The van der Waals surface area contributed by atoms with Crippen LogP contribution in [0.4, 0.5) is 4.79 Å². The highest BCUT2D eigenvalue weighted by atomic mass is 32.2. The van der Waals surface area contributed by atoms with Crippen molar-refractivity contribution in [1.82, 2.24) is 10.6 Å². The average Bonchev–Trinajstić information content (AvgIpc) is 3.37. The van der Waals surface area contributed by atoms with Crippen LogP contribution in [0.3, 0.4) is 0 Å². The first-order valence-electron chi connectivity index (χ1n) is 15.0. The maximum Gasteiger partial charge on any atom is 0.407 e. The maximum atomic E-state index is 13.6. The van der Waals surface area contributed by atoms with Crippen LogP contribution in [0.15, 0.2) is 58.6 Å². The molecule has 0 radical (unpaired) electrons. The molecule has 0 saturated carbocycles. The predicted molar refractivity (Wildman–Crippen MR) is 175 cm³/mol. The summed E-state index contributed by atoms with van der Waals surface area (Å²) in [7, 11) is 0. The number of rotatable bonds is 15. The van der Waals surface area contributed by atoms with E-state index in [0.29, 0.717) is 6.42 Å². The van der Waals surface area contributed by atoms with Crippen LogP contribution in [0.2, 0.25) is 0 Å². The van der Waals surface area contributed by atoms with Gasteiger partial charge in [0.2, 0.25) is 11.8 Å². The molecule has 16 nitrogen and oxygen atoms in total. The number of benzene rings is 2. The first-order chi connectivity index (χ1) is 22.6. The minimum absolute atomic E-state index is 0.0123. The summed E-state index contributed by atoms with van der Waals surface area (Å²) in [5.41, 5.74) is 28.0. The number of carbonyl (C=O) groups is 3. The lowest BCUT2D eigenvalue weighted by Gasteiger charge is -2.43. The number of carbonyl (C=O) groups excluding carboxylic acids is 3. The van der Waals surface area contributed by atoms with E-state index in [1.807, 2.05) is 48.5 Å². The number of hydrogen-bond donors (Lipinski definition) is 7. The quantitative estimate of drug-likeness (QED) is 0.0350. The molecule has 2 aliphatic rings. The Kier molecular flexibility index (Phi) is 12.7. The molecule has 1 saturated heterocycles. The second kappa shape index (κ2) is 16.9. The van der Waals surface area contributed by atoms with Gasteiger partial charge in [-0.05, 0) is 40.6 Å². The lowest BCUT2D eigenvalue weighted by molar-refractivity contribution is -0.161. The molecule has 0 aromatic heterocycles. The second-order valence-electron chi connectivity index (χ2n) is 11.0. The molecule has 6 atom stereocenters. The molecule has 2 aromatic carbocycles. The third kappa shape index (κ3) is 9.27. The van der Waals surface area contributed by atoms with Gasteiger partial charge in [0.1, 0.15) is 30.3 Å². The molecule has 2 aromatic rings. The van der Waals surface area contributed by atoms with E-state index in [4.69, 9.17) is 32.2 Å². The number of ether oxygens (including phenoxy) is 2. The highest BCUT2D eigenvalue weighted by Crippen LogP contribution is 2.44. The van der Waals surface area contributed by atoms with Crippen LogP contribution in [-0.2, 0) is 19.1 Å². The number of alkyl carbamates (subject to hydrolysis) is 1. The molecule has 1 heterocycles. The first kappa shape index (κ1) is 35.3. The summed E-state index contributed by atoms with van der Waals surface area (Å²) in [5.74, 6) is -1.40. The molecule has 47 heavy (non-hydrogen) atoms. The fourth-order valence-corrected chi connectivity index (χ4v) is 6.80. The predicted octanol–water partition coefficient (Wildman–Crippen LogP) is 0.798. The fraction of sp³-hybridized carbons (Fsp3) is 0.467. The number of hydrogen-bond acceptors (Lipinski definition) is 10. The van der Waals surface area contributed by atoms with Crippen molar-refractivity contribution in [3.63, 3.8) is 0 Å². The van der Waals surface area contributed by atoms with Gasteiger partial charge in [0.25, 0.3) is 0 Å². The number of primary amides is 1. The van der Waals surface area contributed by atoms with Crippen LogP contribution in [0.1, 0.15) is 36.3 Å². The lowest BCUT2D eigenvalue weighted by Crippen LogP contribution is -2.65. The van der Waals surface area contributed by atoms with Crippen LogP contribution in [0.25, 0.3) is 21.6 Å². The van der Waals surface area contributed by atoms with Gasteiger partial charge < -0.3 is 47.5 Å². The molecule has 1 fully saturated rings. The second-order valence-corrected chi connectivity index (χ2v) is 12.2. The van der Waals surface area contributed by atoms with Crippen LogP contribution in [-0.4, -0.2) is 95.4 Å². The van der Waals surface area contributed by atoms with Crippen molar-refractivity contribution in [1.29, 1.82) is 0 Å². The van der Waals surface area contributed by atoms with Gasteiger partial charge >= 0.3 is 6.09 Å². The number of fused-ring (bicyclic) bond motifs is 3. The number of amides is 3. The Morgan fingerprint density at radius 1 is 1.04 bits per heavy atom. The first-order valence-corrected chi connectivity index (χ1v) is 16.0. The van der Waals surface area contributed by atoms with Crippen molar-refractivity contribution in [2.75, 3.05) is 25.4 Å². The van der Waals surface area contributed by atoms with E-state index in [1.54, 1.807) is 0 Å². The van der Waals surface area contributed by atoms with Crippen molar-refractivity contribution in [2.24, 2.45) is 27.3 Å². The van der Waals surface area contributed by atoms with Gasteiger partial charge in [-0.3, -0.25) is 14.6 Å². The standard InChI is InChI=1S/C30H39N9O7S/c31-23(40)11-13-47-28-24(26(42)25(41)22(46-28)14-36-39-34)38-27(43)21(10-5-12-35-29(32)33)37-30(44)45-15-20-18-8-3-1-6-16(18)17-7-2-4-9-19(17)20/h1-4,6-9,20-22,24-26,28,41-42H,5,10-15H2,(H2,31,40)(H,37,44)(H,38,43)(H4,32,33,35)/t21-,22+,24+,25+,26+,28-/m0/s1. The van der Waals surface area contributed by atoms with Crippen LogP contribution < -0.4 is 27.8 Å². The van der Waals surface area contributed by atoms with Crippen molar-refractivity contribution < 1.29 is 34.1 Å². The molecule has 252 valence electrons. The summed E-state index contributed by atoms with van der Waals surface area (Å²) in [5, 5.41) is 30.4. The number of azide groups is 1. The maximum absolute atomic E-state index is 13.6. The number of aliphatic hydroxyl groups is 2. The highest BCUT2D eigenvalue weighted by molar-refractivity contribution is 7.99. The van der Waals surface area contributed by atoms with Crippen molar-refractivity contribution in [2.45, 2.75) is 61.0 Å². The average molecular weight is 670 g/mol. The molecular weight excluding hydrogens is 630 g/mol. The van der Waals surface area contributed by atoms with Crippen LogP contribution >= 0.6 is 11.8 Å².